The first-order valence-corrected chi connectivity index (χ1v) is 5.63. The zero-order valence-electron chi connectivity index (χ0n) is 8.56. The van der Waals surface area contributed by atoms with E-state index in [0.717, 1.165) is 10.0 Å². The predicted octanol–water partition coefficient (Wildman–Crippen LogP) is 3.01. The van der Waals surface area contributed by atoms with Crippen LogP contribution in [0.15, 0.2) is 47.1 Å². The molecule has 16 heavy (non-hydrogen) atoms. The van der Waals surface area contributed by atoms with E-state index in [0.29, 0.717) is 18.2 Å². The molecule has 0 atom stereocenters. The van der Waals surface area contributed by atoms with Gasteiger partial charge in [-0.1, -0.05) is 34.1 Å². The maximum absolute atomic E-state index is 5.53. The van der Waals surface area contributed by atoms with Crippen LogP contribution in [0.2, 0.25) is 0 Å². The molecule has 0 bridgehead atoms. The number of nitrogen functional groups attached to an aromatic ring is 1. The number of hydrogen-bond donors (Lipinski definition) is 1. The molecule has 0 aliphatic carbocycles. The van der Waals surface area contributed by atoms with Crippen LogP contribution in [-0.2, 0) is 6.61 Å². The number of rotatable bonds is 3. The van der Waals surface area contributed by atoms with Crippen LogP contribution in [0, 0.1) is 0 Å². The van der Waals surface area contributed by atoms with E-state index in [-0.39, 0.29) is 0 Å². The minimum Gasteiger partial charge on any atom is -0.473 e. The summed E-state index contributed by atoms with van der Waals surface area (Å²) in [6.45, 7) is 0.484. The molecule has 0 saturated heterocycles. The van der Waals surface area contributed by atoms with Crippen LogP contribution in [0.1, 0.15) is 5.56 Å². The summed E-state index contributed by atoms with van der Waals surface area (Å²) >= 11 is 3.46. The molecule has 4 heteroatoms. The lowest BCUT2D eigenvalue weighted by Gasteiger charge is -2.06. The molecular weight excluding hydrogens is 268 g/mol. The highest BCUT2D eigenvalue weighted by atomic mass is 79.9. The van der Waals surface area contributed by atoms with E-state index in [1.807, 2.05) is 24.3 Å². The zero-order chi connectivity index (χ0) is 11.4. The van der Waals surface area contributed by atoms with Crippen LogP contribution < -0.4 is 10.5 Å². The van der Waals surface area contributed by atoms with Gasteiger partial charge in [-0.15, -0.1) is 0 Å². The third-order valence-corrected chi connectivity index (χ3v) is 2.87. The largest absolute Gasteiger partial charge is 0.473 e. The molecule has 0 amide bonds. The molecule has 0 aliphatic heterocycles. The maximum Gasteiger partial charge on any atom is 0.213 e. The van der Waals surface area contributed by atoms with Crippen molar-refractivity contribution in [1.29, 1.82) is 0 Å². The summed E-state index contributed by atoms with van der Waals surface area (Å²) in [6.07, 6.45) is 1.58. The topological polar surface area (TPSA) is 48.1 Å². The summed E-state index contributed by atoms with van der Waals surface area (Å²) in [5, 5.41) is 0. The number of pyridine rings is 1. The van der Waals surface area contributed by atoms with Crippen molar-refractivity contribution in [2.24, 2.45) is 0 Å². The molecule has 2 rings (SSSR count). The smallest absolute Gasteiger partial charge is 0.213 e. The molecule has 1 aromatic heterocycles. The highest BCUT2D eigenvalue weighted by molar-refractivity contribution is 9.10. The summed E-state index contributed by atoms with van der Waals surface area (Å²) in [7, 11) is 0. The summed E-state index contributed by atoms with van der Waals surface area (Å²) in [4.78, 5) is 4.06. The molecule has 82 valence electrons. The van der Waals surface area contributed by atoms with Gasteiger partial charge < -0.3 is 10.5 Å². The first-order chi connectivity index (χ1) is 7.75. The minimum atomic E-state index is 0.484. The van der Waals surface area contributed by atoms with Crippen molar-refractivity contribution in [1.82, 2.24) is 4.98 Å². The highest BCUT2D eigenvalue weighted by Gasteiger charge is 2.00. The average Bonchev–Trinajstić information content (AvgIpc) is 2.30. The van der Waals surface area contributed by atoms with E-state index in [2.05, 4.69) is 20.9 Å². The van der Waals surface area contributed by atoms with Crippen molar-refractivity contribution in [3.63, 3.8) is 0 Å². The molecular formula is C12H11BrN2O. The van der Waals surface area contributed by atoms with Crippen molar-refractivity contribution < 1.29 is 4.74 Å². The van der Waals surface area contributed by atoms with E-state index < -0.39 is 0 Å². The molecule has 0 saturated carbocycles. The van der Waals surface area contributed by atoms with Gasteiger partial charge in [0.2, 0.25) is 5.88 Å². The first-order valence-electron chi connectivity index (χ1n) is 4.83. The lowest BCUT2D eigenvalue weighted by Crippen LogP contribution is -1.98. The Hall–Kier alpha value is -1.55. The Labute approximate surface area is 102 Å². The molecule has 2 N–H and O–H groups in total. The monoisotopic (exact) mass is 278 g/mol. The van der Waals surface area contributed by atoms with Crippen molar-refractivity contribution in [2.45, 2.75) is 6.61 Å². The zero-order valence-corrected chi connectivity index (χ0v) is 10.1. The average molecular weight is 279 g/mol. The van der Waals surface area contributed by atoms with Gasteiger partial charge in [0.05, 0.1) is 11.9 Å². The van der Waals surface area contributed by atoms with E-state index in [9.17, 15) is 0 Å². The van der Waals surface area contributed by atoms with Crippen LogP contribution in [-0.4, -0.2) is 4.98 Å². The summed E-state index contributed by atoms with van der Waals surface area (Å²) in [6, 6.07) is 11.4. The Bertz CT molecular complexity index is 471. The van der Waals surface area contributed by atoms with E-state index in [4.69, 9.17) is 10.5 Å². The Kier molecular flexibility index (Phi) is 3.41. The second kappa shape index (κ2) is 4.99. The number of benzene rings is 1. The van der Waals surface area contributed by atoms with Crippen LogP contribution in [0.4, 0.5) is 5.69 Å². The summed E-state index contributed by atoms with van der Waals surface area (Å²) in [5.41, 5.74) is 7.25. The van der Waals surface area contributed by atoms with Gasteiger partial charge in [0.1, 0.15) is 6.61 Å². The number of nitrogens with zero attached hydrogens (tertiary/aromatic N) is 1. The standard InChI is InChI=1S/C12H11BrN2O/c13-11-4-2-1-3-9(11)8-16-12-6-5-10(14)7-15-12/h1-7H,8,14H2. The van der Waals surface area contributed by atoms with Gasteiger partial charge in [-0.05, 0) is 12.1 Å². The normalized spacial score (nSPS) is 10.1. The SMILES string of the molecule is Nc1ccc(OCc2ccccc2Br)nc1. The van der Waals surface area contributed by atoms with Gasteiger partial charge in [-0.2, -0.15) is 0 Å². The Morgan fingerprint density at radius 1 is 1.19 bits per heavy atom. The van der Waals surface area contributed by atoms with Crippen LogP contribution in [0.5, 0.6) is 5.88 Å². The molecule has 1 heterocycles. The minimum absolute atomic E-state index is 0.484. The van der Waals surface area contributed by atoms with E-state index in [1.165, 1.54) is 0 Å². The fraction of sp³-hybridized carbons (Fsp3) is 0.0833. The van der Waals surface area contributed by atoms with Gasteiger partial charge in [0, 0.05) is 16.1 Å². The van der Waals surface area contributed by atoms with Gasteiger partial charge in [0.25, 0.3) is 0 Å². The third kappa shape index (κ3) is 2.73. The number of ether oxygens (including phenoxy) is 1. The number of aromatic nitrogens is 1. The summed E-state index contributed by atoms with van der Waals surface area (Å²) < 4.78 is 6.56. The van der Waals surface area contributed by atoms with E-state index in [1.54, 1.807) is 18.3 Å². The van der Waals surface area contributed by atoms with Crippen molar-refractivity contribution in [3.05, 3.63) is 52.6 Å². The molecule has 1 aromatic carbocycles. The predicted molar refractivity (Wildman–Crippen MR) is 67.1 cm³/mol. The highest BCUT2D eigenvalue weighted by Crippen LogP contribution is 2.18. The second-order valence-electron chi connectivity index (χ2n) is 3.31. The number of anilines is 1. The van der Waals surface area contributed by atoms with Crippen molar-refractivity contribution in [3.8, 4) is 5.88 Å². The maximum atomic E-state index is 5.53. The third-order valence-electron chi connectivity index (χ3n) is 2.09. The Morgan fingerprint density at radius 2 is 2.00 bits per heavy atom. The molecule has 0 spiro atoms. The molecule has 0 radical (unpaired) electrons. The van der Waals surface area contributed by atoms with Crippen LogP contribution in [0.3, 0.4) is 0 Å². The Balaban J connectivity index is 2.02. The number of nitrogens with two attached hydrogens (primary N) is 1. The quantitative estimate of drug-likeness (QED) is 0.939. The summed E-state index contributed by atoms with van der Waals surface area (Å²) in [5.74, 6) is 0.574. The molecule has 0 fully saturated rings. The van der Waals surface area contributed by atoms with Gasteiger partial charge in [0.15, 0.2) is 0 Å². The molecule has 2 aromatic rings. The Morgan fingerprint density at radius 3 is 2.69 bits per heavy atom. The fourth-order valence-corrected chi connectivity index (χ4v) is 1.64. The number of hydrogen-bond acceptors (Lipinski definition) is 3. The first kappa shape index (κ1) is 11.0. The fourth-order valence-electron chi connectivity index (χ4n) is 1.24. The molecule has 0 unspecified atom stereocenters. The lowest BCUT2D eigenvalue weighted by atomic mass is 10.2. The van der Waals surface area contributed by atoms with Gasteiger partial charge in [-0.3, -0.25) is 0 Å². The van der Waals surface area contributed by atoms with E-state index >= 15 is 0 Å². The van der Waals surface area contributed by atoms with Crippen LogP contribution >= 0.6 is 15.9 Å². The van der Waals surface area contributed by atoms with Crippen molar-refractivity contribution >= 4 is 21.6 Å². The van der Waals surface area contributed by atoms with Crippen LogP contribution in [0.25, 0.3) is 0 Å². The van der Waals surface area contributed by atoms with Gasteiger partial charge >= 0.3 is 0 Å². The second-order valence-corrected chi connectivity index (χ2v) is 4.16. The molecule has 0 aliphatic rings. The lowest BCUT2D eigenvalue weighted by molar-refractivity contribution is 0.293. The van der Waals surface area contributed by atoms with Crippen molar-refractivity contribution in [2.75, 3.05) is 5.73 Å². The molecule has 3 nitrogen and oxygen atoms in total. The number of halogens is 1. The van der Waals surface area contributed by atoms with Gasteiger partial charge in [-0.25, -0.2) is 4.98 Å².